The third-order valence-electron chi connectivity index (χ3n) is 3.63. The number of rotatable bonds is 7. The van der Waals surface area contributed by atoms with Crippen molar-refractivity contribution >= 4 is 51.5 Å². The van der Waals surface area contributed by atoms with E-state index in [1.54, 1.807) is 24.3 Å². The quantitative estimate of drug-likeness (QED) is 0.563. The monoisotopic (exact) mass is 423 g/mol. The first-order valence-electron chi connectivity index (χ1n) is 7.95. The van der Waals surface area contributed by atoms with Crippen LogP contribution in [0.2, 0.25) is 5.02 Å². The first kappa shape index (κ1) is 19.4. The van der Waals surface area contributed by atoms with E-state index in [0.29, 0.717) is 15.9 Å². The lowest BCUT2D eigenvalue weighted by molar-refractivity contribution is -0.125. The molecule has 2 N–H and O–H groups in total. The predicted molar refractivity (Wildman–Crippen MR) is 106 cm³/mol. The molecule has 0 aliphatic heterocycles. The van der Waals surface area contributed by atoms with Crippen molar-refractivity contribution in [2.75, 3.05) is 11.2 Å². The molecule has 0 saturated carbocycles. The number of halogens is 2. The number of aromatic nitrogens is 1. The van der Waals surface area contributed by atoms with Gasteiger partial charge in [0.1, 0.15) is 17.7 Å². The van der Waals surface area contributed by atoms with Gasteiger partial charge in [-0.05, 0) is 24.3 Å². The number of anilines is 1. The second-order valence-corrected chi connectivity index (χ2v) is 7.13. The van der Waals surface area contributed by atoms with Crippen LogP contribution in [0.3, 0.4) is 0 Å². The average Bonchev–Trinajstić information content (AvgIpc) is 3.33. The largest absolute Gasteiger partial charge is 0.469 e. The molecule has 6 nitrogen and oxygen atoms in total. The van der Waals surface area contributed by atoms with E-state index >= 15 is 0 Å². The zero-order chi connectivity index (χ0) is 19.2. The minimum atomic E-state index is -0.828. The van der Waals surface area contributed by atoms with Crippen molar-refractivity contribution in [3.63, 3.8) is 0 Å². The fourth-order valence-electron chi connectivity index (χ4n) is 2.35. The summed E-state index contributed by atoms with van der Waals surface area (Å²) in [5.41, 5.74) is 1.61. The number of nitrogens with zero attached hydrogens (tertiary/aromatic N) is 1. The number of hydrogen-bond donors (Lipinski definition) is 2. The van der Waals surface area contributed by atoms with Gasteiger partial charge in [0.05, 0.1) is 12.0 Å². The summed E-state index contributed by atoms with van der Waals surface area (Å²) in [7, 11) is 0. The normalized spacial score (nSPS) is 11.8. The molecular weight excluding hydrogens is 409 g/mol. The highest BCUT2D eigenvalue weighted by atomic mass is 35.5. The number of carbonyl (C=O) groups excluding carboxylic acids is 2. The van der Waals surface area contributed by atoms with Gasteiger partial charge in [0.15, 0.2) is 5.13 Å². The zero-order valence-corrected chi connectivity index (χ0v) is 16.3. The average molecular weight is 424 g/mol. The second kappa shape index (κ2) is 9.03. The summed E-state index contributed by atoms with van der Waals surface area (Å²) < 4.78 is 5.26. The molecule has 3 rings (SSSR count). The molecule has 0 bridgehead atoms. The fraction of sp³-hybridized carbons (Fsp3) is 0.167. The Morgan fingerprint density at radius 2 is 2.00 bits per heavy atom. The van der Waals surface area contributed by atoms with Crippen LogP contribution in [0.15, 0.2) is 52.5 Å². The molecule has 1 unspecified atom stereocenters. The van der Waals surface area contributed by atoms with E-state index in [9.17, 15) is 9.59 Å². The van der Waals surface area contributed by atoms with Crippen LogP contribution < -0.4 is 10.6 Å². The summed E-state index contributed by atoms with van der Waals surface area (Å²) in [6.07, 6.45) is 1.71. The number of hydrogen-bond acceptors (Lipinski definition) is 5. The Bertz CT molecular complexity index is 910. The van der Waals surface area contributed by atoms with E-state index < -0.39 is 17.9 Å². The maximum atomic E-state index is 12.6. The van der Waals surface area contributed by atoms with Gasteiger partial charge in [-0.3, -0.25) is 9.59 Å². The minimum absolute atomic E-state index is 0.205. The SMILES string of the molecule is O=C(CCl)NC(Cc1ccco1)C(=O)Nc1nc(-c2ccc(Cl)cc2)cs1. The number of furan rings is 1. The molecule has 27 heavy (non-hydrogen) atoms. The highest BCUT2D eigenvalue weighted by molar-refractivity contribution is 7.14. The predicted octanol–water partition coefficient (Wildman–Crippen LogP) is 3.96. The molecule has 140 valence electrons. The van der Waals surface area contributed by atoms with Crippen LogP contribution >= 0.6 is 34.5 Å². The summed E-state index contributed by atoms with van der Waals surface area (Å²) >= 11 is 12.7. The molecule has 0 spiro atoms. The smallest absolute Gasteiger partial charge is 0.249 e. The fourth-order valence-corrected chi connectivity index (χ4v) is 3.27. The molecule has 0 aliphatic rings. The van der Waals surface area contributed by atoms with Crippen molar-refractivity contribution in [2.45, 2.75) is 12.5 Å². The number of alkyl halides is 1. The van der Waals surface area contributed by atoms with Crippen LogP contribution in [-0.4, -0.2) is 28.7 Å². The lowest BCUT2D eigenvalue weighted by Crippen LogP contribution is -2.45. The minimum Gasteiger partial charge on any atom is -0.469 e. The van der Waals surface area contributed by atoms with Crippen molar-refractivity contribution in [1.82, 2.24) is 10.3 Å². The van der Waals surface area contributed by atoms with Crippen molar-refractivity contribution in [3.05, 3.63) is 58.8 Å². The number of thiazole rings is 1. The van der Waals surface area contributed by atoms with Gasteiger partial charge in [-0.15, -0.1) is 22.9 Å². The zero-order valence-electron chi connectivity index (χ0n) is 13.9. The van der Waals surface area contributed by atoms with E-state index in [1.165, 1.54) is 17.6 Å². The Kier molecular flexibility index (Phi) is 6.49. The van der Waals surface area contributed by atoms with Crippen LogP contribution in [0.5, 0.6) is 0 Å². The molecule has 2 aromatic heterocycles. The third-order valence-corrected chi connectivity index (χ3v) is 4.89. The van der Waals surface area contributed by atoms with E-state index in [4.69, 9.17) is 27.6 Å². The molecule has 0 saturated heterocycles. The number of carbonyl (C=O) groups is 2. The first-order chi connectivity index (χ1) is 13.0. The summed E-state index contributed by atoms with van der Waals surface area (Å²) in [5.74, 6) is -0.503. The molecule has 0 fully saturated rings. The van der Waals surface area contributed by atoms with Gasteiger partial charge < -0.3 is 15.1 Å². The molecule has 2 amide bonds. The third kappa shape index (κ3) is 5.32. The van der Waals surface area contributed by atoms with Gasteiger partial charge in [0.25, 0.3) is 0 Å². The molecule has 1 aromatic carbocycles. The van der Waals surface area contributed by atoms with E-state index in [1.807, 2.05) is 17.5 Å². The van der Waals surface area contributed by atoms with E-state index in [0.717, 1.165) is 11.3 Å². The highest BCUT2D eigenvalue weighted by Crippen LogP contribution is 2.26. The molecule has 1 atom stereocenters. The van der Waals surface area contributed by atoms with Gasteiger partial charge in [-0.25, -0.2) is 4.98 Å². The Balaban J connectivity index is 1.71. The van der Waals surface area contributed by atoms with Crippen LogP contribution in [0.4, 0.5) is 5.13 Å². The number of nitrogens with one attached hydrogen (secondary N) is 2. The van der Waals surface area contributed by atoms with Gasteiger partial charge in [0.2, 0.25) is 11.8 Å². The second-order valence-electron chi connectivity index (χ2n) is 5.57. The summed E-state index contributed by atoms with van der Waals surface area (Å²) in [6.45, 7) is 0. The molecule has 0 aliphatic carbocycles. The van der Waals surface area contributed by atoms with Gasteiger partial charge in [-0.1, -0.05) is 23.7 Å². The maximum absolute atomic E-state index is 12.6. The van der Waals surface area contributed by atoms with E-state index in [-0.39, 0.29) is 12.3 Å². The van der Waals surface area contributed by atoms with Crippen molar-refractivity contribution < 1.29 is 14.0 Å². The molecular formula is C18H15Cl2N3O3S. The van der Waals surface area contributed by atoms with Gasteiger partial charge >= 0.3 is 0 Å². The van der Waals surface area contributed by atoms with Crippen LogP contribution in [-0.2, 0) is 16.0 Å². The summed E-state index contributed by atoms with van der Waals surface area (Å²) in [5, 5.41) is 8.21. The Hall–Kier alpha value is -2.35. The molecule has 2 heterocycles. The summed E-state index contributed by atoms with van der Waals surface area (Å²) in [6, 6.07) is 9.87. The van der Waals surface area contributed by atoms with Gasteiger partial charge in [-0.2, -0.15) is 0 Å². The standard InChI is InChI=1S/C18H15Cl2N3O3S/c19-9-16(24)21-14(8-13-2-1-7-26-13)17(25)23-18-22-15(10-27-18)11-3-5-12(20)6-4-11/h1-7,10,14H,8-9H2,(H,21,24)(H,22,23,25). The highest BCUT2D eigenvalue weighted by Gasteiger charge is 2.23. The maximum Gasteiger partial charge on any atom is 0.249 e. The van der Waals surface area contributed by atoms with Gasteiger partial charge in [0, 0.05) is 22.4 Å². The van der Waals surface area contributed by atoms with Crippen molar-refractivity contribution in [2.24, 2.45) is 0 Å². The molecule has 3 aromatic rings. The van der Waals surface area contributed by atoms with Crippen LogP contribution in [0.1, 0.15) is 5.76 Å². The first-order valence-corrected chi connectivity index (χ1v) is 9.74. The molecule has 0 radical (unpaired) electrons. The van der Waals surface area contributed by atoms with Crippen LogP contribution in [0.25, 0.3) is 11.3 Å². The Morgan fingerprint density at radius 1 is 1.22 bits per heavy atom. The van der Waals surface area contributed by atoms with Crippen LogP contribution in [0, 0.1) is 0 Å². The Morgan fingerprint density at radius 3 is 2.67 bits per heavy atom. The van der Waals surface area contributed by atoms with Crippen molar-refractivity contribution in [3.8, 4) is 11.3 Å². The molecule has 9 heteroatoms. The Labute approximate surface area is 169 Å². The number of benzene rings is 1. The topological polar surface area (TPSA) is 84.2 Å². The lowest BCUT2D eigenvalue weighted by Gasteiger charge is -2.16. The number of amides is 2. The van der Waals surface area contributed by atoms with E-state index in [2.05, 4.69) is 15.6 Å². The van der Waals surface area contributed by atoms with Crippen molar-refractivity contribution in [1.29, 1.82) is 0 Å². The summed E-state index contributed by atoms with van der Waals surface area (Å²) in [4.78, 5) is 28.7. The lowest BCUT2D eigenvalue weighted by atomic mass is 10.1.